The normalized spacial score (nSPS) is 9.58. The van der Waals surface area contributed by atoms with Gasteiger partial charge in [0, 0.05) is 31.4 Å². The molecule has 0 radical (unpaired) electrons. The van der Waals surface area contributed by atoms with Gasteiger partial charge in [-0.2, -0.15) is 0 Å². The standard InChI is InChI=1S/C17H20FN3O.2ClH/c1-19-12-17(22)21(11-9-16-4-2-3-10-20-16)13-14-5-7-15(18)8-6-14;;/h2-8,10,19H,9,11-13H2,1H3;2*1H. The number of hydrogen-bond donors (Lipinski definition) is 1. The highest BCUT2D eigenvalue weighted by molar-refractivity contribution is 5.85. The minimum absolute atomic E-state index is 0. The summed E-state index contributed by atoms with van der Waals surface area (Å²) in [6.07, 6.45) is 2.44. The van der Waals surface area contributed by atoms with Crippen molar-refractivity contribution < 1.29 is 9.18 Å². The maximum Gasteiger partial charge on any atom is 0.236 e. The fourth-order valence-electron chi connectivity index (χ4n) is 2.16. The van der Waals surface area contributed by atoms with Gasteiger partial charge in [-0.3, -0.25) is 9.78 Å². The second-order valence-corrected chi connectivity index (χ2v) is 5.04. The number of carbonyl (C=O) groups excluding carboxylic acids is 1. The summed E-state index contributed by atoms with van der Waals surface area (Å²) in [6, 6.07) is 12.0. The van der Waals surface area contributed by atoms with Gasteiger partial charge in [0.05, 0.1) is 6.54 Å². The number of hydrogen-bond acceptors (Lipinski definition) is 3. The molecule has 0 saturated heterocycles. The molecule has 0 aliphatic heterocycles. The number of nitrogens with zero attached hydrogens (tertiary/aromatic N) is 2. The number of likely N-dealkylation sites (N-methyl/N-ethyl adjacent to an activating group) is 1. The van der Waals surface area contributed by atoms with Crippen molar-refractivity contribution in [3.05, 3.63) is 65.7 Å². The third kappa shape index (κ3) is 7.25. The van der Waals surface area contributed by atoms with Crippen molar-refractivity contribution in [1.82, 2.24) is 15.2 Å². The Morgan fingerprint density at radius 3 is 2.46 bits per heavy atom. The molecule has 132 valence electrons. The number of pyridine rings is 1. The smallest absolute Gasteiger partial charge is 0.236 e. The number of amides is 1. The highest BCUT2D eigenvalue weighted by atomic mass is 35.5. The van der Waals surface area contributed by atoms with Crippen LogP contribution in [0.5, 0.6) is 0 Å². The summed E-state index contributed by atoms with van der Waals surface area (Å²) in [5.74, 6) is -0.256. The number of benzene rings is 1. The summed E-state index contributed by atoms with van der Waals surface area (Å²) in [6.45, 7) is 1.33. The third-order valence-corrected chi connectivity index (χ3v) is 3.33. The van der Waals surface area contributed by atoms with Gasteiger partial charge in [0.2, 0.25) is 5.91 Å². The summed E-state index contributed by atoms with van der Waals surface area (Å²) in [4.78, 5) is 18.2. The minimum atomic E-state index is -0.273. The zero-order valence-electron chi connectivity index (χ0n) is 13.4. The van der Waals surface area contributed by atoms with Crippen LogP contribution in [-0.2, 0) is 17.8 Å². The fraction of sp³-hybridized carbons (Fsp3) is 0.294. The Kier molecular flexibility index (Phi) is 11.0. The average Bonchev–Trinajstić information content (AvgIpc) is 2.54. The third-order valence-electron chi connectivity index (χ3n) is 3.33. The Labute approximate surface area is 154 Å². The van der Waals surface area contributed by atoms with Gasteiger partial charge in [0.1, 0.15) is 5.82 Å². The second kappa shape index (κ2) is 11.8. The molecule has 2 rings (SSSR count). The van der Waals surface area contributed by atoms with E-state index < -0.39 is 0 Å². The minimum Gasteiger partial charge on any atom is -0.337 e. The van der Waals surface area contributed by atoms with E-state index in [-0.39, 0.29) is 43.1 Å². The van der Waals surface area contributed by atoms with E-state index >= 15 is 0 Å². The summed E-state index contributed by atoms with van der Waals surface area (Å²) >= 11 is 0. The Balaban J connectivity index is 0.00000264. The first-order valence-corrected chi connectivity index (χ1v) is 7.26. The van der Waals surface area contributed by atoms with E-state index in [1.54, 1.807) is 30.3 Å². The average molecular weight is 374 g/mol. The Morgan fingerprint density at radius 2 is 1.88 bits per heavy atom. The lowest BCUT2D eigenvalue weighted by atomic mass is 10.2. The van der Waals surface area contributed by atoms with Crippen LogP contribution in [0.1, 0.15) is 11.3 Å². The van der Waals surface area contributed by atoms with Crippen LogP contribution in [0.4, 0.5) is 4.39 Å². The molecule has 1 N–H and O–H groups in total. The molecule has 0 unspecified atom stereocenters. The number of nitrogens with one attached hydrogen (secondary N) is 1. The van der Waals surface area contributed by atoms with Crippen LogP contribution in [0.25, 0.3) is 0 Å². The first kappa shape index (κ1) is 22.3. The molecule has 1 aromatic heterocycles. The molecular weight excluding hydrogens is 352 g/mol. The van der Waals surface area contributed by atoms with Gasteiger partial charge in [0.15, 0.2) is 0 Å². The first-order chi connectivity index (χ1) is 10.7. The number of carbonyl (C=O) groups is 1. The quantitative estimate of drug-likeness (QED) is 0.811. The largest absolute Gasteiger partial charge is 0.337 e. The molecule has 0 saturated carbocycles. The number of aromatic nitrogens is 1. The van der Waals surface area contributed by atoms with Crippen molar-refractivity contribution in [2.24, 2.45) is 0 Å². The van der Waals surface area contributed by atoms with Gasteiger partial charge < -0.3 is 10.2 Å². The van der Waals surface area contributed by atoms with Crippen molar-refractivity contribution >= 4 is 30.7 Å². The maximum absolute atomic E-state index is 13.0. The van der Waals surface area contributed by atoms with E-state index in [9.17, 15) is 9.18 Å². The molecule has 0 aliphatic carbocycles. The van der Waals surface area contributed by atoms with Gasteiger partial charge in [-0.25, -0.2) is 4.39 Å². The first-order valence-electron chi connectivity index (χ1n) is 7.26. The summed E-state index contributed by atoms with van der Waals surface area (Å²) in [5.41, 5.74) is 1.86. The predicted molar refractivity (Wildman–Crippen MR) is 98.2 cm³/mol. The molecule has 0 atom stereocenters. The molecule has 1 aromatic carbocycles. The highest BCUT2D eigenvalue weighted by Crippen LogP contribution is 2.08. The molecule has 1 heterocycles. The van der Waals surface area contributed by atoms with E-state index in [1.165, 1.54) is 12.1 Å². The molecule has 0 aliphatic rings. The van der Waals surface area contributed by atoms with Crippen LogP contribution in [0, 0.1) is 5.82 Å². The SMILES string of the molecule is CNCC(=O)N(CCc1ccccn1)Cc1ccc(F)cc1.Cl.Cl. The van der Waals surface area contributed by atoms with E-state index in [1.807, 2.05) is 18.2 Å². The van der Waals surface area contributed by atoms with E-state index in [0.29, 0.717) is 19.5 Å². The fourth-order valence-corrected chi connectivity index (χ4v) is 2.16. The topological polar surface area (TPSA) is 45.2 Å². The van der Waals surface area contributed by atoms with E-state index in [0.717, 1.165) is 11.3 Å². The maximum atomic E-state index is 13.0. The molecule has 0 bridgehead atoms. The zero-order chi connectivity index (χ0) is 15.8. The Morgan fingerprint density at radius 1 is 1.17 bits per heavy atom. The Hall–Kier alpha value is -1.69. The number of rotatable bonds is 7. The van der Waals surface area contributed by atoms with Gasteiger partial charge in [-0.1, -0.05) is 18.2 Å². The molecule has 1 amide bonds. The molecule has 2 aromatic rings. The van der Waals surface area contributed by atoms with E-state index in [2.05, 4.69) is 10.3 Å². The van der Waals surface area contributed by atoms with Crippen LogP contribution in [-0.4, -0.2) is 35.9 Å². The van der Waals surface area contributed by atoms with Crippen LogP contribution in [0.15, 0.2) is 48.7 Å². The molecule has 24 heavy (non-hydrogen) atoms. The predicted octanol–water partition coefficient (Wildman–Crippen LogP) is 2.86. The Bertz CT molecular complexity index is 597. The monoisotopic (exact) mass is 373 g/mol. The van der Waals surface area contributed by atoms with Crippen molar-refractivity contribution in [3.8, 4) is 0 Å². The highest BCUT2D eigenvalue weighted by Gasteiger charge is 2.13. The van der Waals surface area contributed by atoms with Gasteiger partial charge >= 0.3 is 0 Å². The van der Waals surface area contributed by atoms with Crippen LogP contribution >= 0.6 is 24.8 Å². The molecule has 0 fully saturated rings. The van der Waals surface area contributed by atoms with Gasteiger partial charge in [-0.15, -0.1) is 24.8 Å². The van der Waals surface area contributed by atoms with Crippen molar-refractivity contribution in [1.29, 1.82) is 0 Å². The van der Waals surface area contributed by atoms with Crippen molar-refractivity contribution in [3.63, 3.8) is 0 Å². The van der Waals surface area contributed by atoms with Crippen molar-refractivity contribution in [2.45, 2.75) is 13.0 Å². The molecule has 0 spiro atoms. The van der Waals surface area contributed by atoms with Gasteiger partial charge in [-0.05, 0) is 36.9 Å². The lowest BCUT2D eigenvalue weighted by molar-refractivity contribution is -0.130. The van der Waals surface area contributed by atoms with Crippen LogP contribution < -0.4 is 5.32 Å². The number of halogens is 3. The lowest BCUT2D eigenvalue weighted by Crippen LogP contribution is -2.38. The summed E-state index contributed by atoms with van der Waals surface area (Å²) < 4.78 is 13.0. The van der Waals surface area contributed by atoms with Crippen LogP contribution in [0.3, 0.4) is 0 Å². The van der Waals surface area contributed by atoms with Crippen molar-refractivity contribution in [2.75, 3.05) is 20.1 Å². The lowest BCUT2D eigenvalue weighted by Gasteiger charge is -2.22. The summed E-state index contributed by atoms with van der Waals surface area (Å²) in [5, 5.41) is 2.87. The molecule has 7 heteroatoms. The van der Waals surface area contributed by atoms with E-state index in [4.69, 9.17) is 0 Å². The summed E-state index contributed by atoms with van der Waals surface area (Å²) in [7, 11) is 1.74. The molecule has 4 nitrogen and oxygen atoms in total. The second-order valence-electron chi connectivity index (χ2n) is 5.04. The van der Waals surface area contributed by atoms with Crippen LogP contribution in [0.2, 0.25) is 0 Å². The van der Waals surface area contributed by atoms with Gasteiger partial charge in [0.25, 0.3) is 0 Å². The molecular formula is C17H22Cl2FN3O. The zero-order valence-corrected chi connectivity index (χ0v) is 15.1.